The Hall–Kier alpha value is -3.22. The second-order valence-corrected chi connectivity index (χ2v) is 4.95. The van der Waals surface area contributed by atoms with Crippen LogP contribution in [0.2, 0.25) is 0 Å². The first-order valence-corrected chi connectivity index (χ1v) is 7.03. The molecule has 0 aliphatic rings. The monoisotopic (exact) mass is 309 g/mol. The number of nitrogens with zero attached hydrogens (tertiary/aromatic N) is 4. The summed E-state index contributed by atoms with van der Waals surface area (Å²) in [6, 6.07) is 14.8. The number of benzene rings is 2. The highest BCUT2D eigenvalue weighted by Crippen LogP contribution is 2.14. The Morgan fingerprint density at radius 2 is 2.04 bits per heavy atom. The first kappa shape index (κ1) is 14.7. The minimum atomic E-state index is -0.237. The molecule has 0 radical (unpaired) electrons. The molecule has 0 aliphatic carbocycles. The summed E-state index contributed by atoms with van der Waals surface area (Å²) in [4.78, 5) is 12.0. The van der Waals surface area contributed by atoms with Crippen molar-refractivity contribution in [2.75, 3.05) is 11.9 Å². The van der Waals surface area contributed by atoms with Crippen LogP contribution in [-0.2, 0) is 4.79 Å². The Bertz CT molecular complexity index is 784. The molecule has 7 nitrogen and oxygen atoms in total. The molecular weight excluding hydrogens is 294 g/mol. The summed E-state index contributed by atoms with van der Waals surface area (Å²) in [7, 11) is 0. The van der Waals surface area contributed by atoms with Gasteiger partial charge in [-0.25, -0.2) is 4.68 Å². The summed E-state index contributed by atoms with van der Waals surface area (Å²) >= 11 is 0. The number of carbonyl (C=O) groups is 1. The summed E-state index contributed by atoms with van der Waals surface area (Å²) in [6.45, 7) is 1.94. The molecule has 0 fully saturated rings. The molecule has 1 aromatic heterocycles. The smallest absolute Gasteiger partial charge is 0.262 e. The Labute approximate surface area is 132 Å². The highest BCUT2D eigenvalue weighted by Gasteiger charge is 2.05. The van der Waals surface area contributed by atoms with Crippen LogP contribution >= 0.6 is 0 Å². The van der Waals surface area contributed by atoms with E-state index in [-0.39, 0.29) is 12.5 Å². The first-order valence-electron chi connectivity index (χ1n) is 7.03. The van der Waals surface area contributed by atoms with Crippen LogP contribution < -0.4 is 10.1 Å². The van der Waals surface area contributed by atoms with Gasteiger partial charge in [-0.2, -0.15) is 0 Å². The van der Waals surface area contributed by atoms with Gasteiger partial charge in [0.2, 0.25) is 0 Å². The summed E-state index contributed by atoms with van der Waals surface area (Å²) in [5.74, 6) is 0.424. The van der Waals surface area contributed by atoms with Gasteiger partial charge >= 0.3 is 0 Å². The Morgan fingerprint density at radius 3 is 2.78 bits per heavy atom. The molecule has 0 atom stereocenters. The lowest BCUT2D eigenvalue weighted by Crippen LogP contribution is -2.20. The fraction of sp³-hybridized carbons (Fsp3) is 0.125. The Morgan fingerprint density at radius 1 is 1.22 bits per heavy atom. The zero-order chi connectivity index (χ0) is 16.1. The number of tetrazole rings is 1. The average Bonchev–Trinajstić information content (AvgIpc) is 3.09. The van der Waals surface area contributed by atoms with Crippen LogP contribution in [0.25, 0.3) is 5.69 Å². The van der Waals surface area contributed by atoms with Gasteiger partial charge in [0.1, 0.15) is 12.1 Å². The van der Waals surface area contributed by atoms with Gasteiger partial charge in [-0.3, -0.25) is 4.79 Å². The Balaban J connectivity index is 1.59. The number of anilines is 1. The number of aryl methyl sites for hydroxylation is 1. The molecule has 2 aromatic carbocycles. The van der Waals surface area contributed by atoms with Crippen molar-refractivity contribution in [1.82, 2.24) is 20.2 Å². The number of ether oxygens (including phenoxy) is 1. The summed E-state index contributed by atoms with van der Waals surface area (Å²) in [5, 5.41) is 13.8. The van der Waals surface area contributed by atoms with E-state index >= 15 is 0 Å². The fourth-order valence-corrected chi connectivity index (χ4v) is 1.99. The number of hydrogen-bond acceptors (Lipinski definition) is 5. The van der Waals surface area contributed by atoms with Gasteiger partial charge in [0.05, 0.1) is 5.69 Å². The summed E-state index contributed by atoms with van der Waals surface area (Å²) < 4.78 is 6.96. The van der Waals surface area contributed by atoms with Crippen molar-refractivity contribution in [3.05, 3.63) is 60.4 Å². The lowest BCUT2D eigenvalue weighted by Gasteiger charge is -2.08. The molecule has 0 saturated heterocycles. The maximum Gasteiger partial charge on any atom is 0.262 e. The highest BCUT2D eigenvalue weighted by atomic mass is 16.5. The van der Waals surface area contributed by atoms with Crippen LogP contribution in [0.15, 0.2) is 54.9 Å². The van der Waals surface area contributed by atoms with Gasteiger partial charge in [-0.15, -0.1) is 5.10 Å². The van der Waals surface area contributed by atoms with Gasteiger partial charge in [0, 0.05) is 5.69 Å². The van der Waals surface area contributed by atoms with Crippen LogP contribution in [0.1, 0.15) is 5.56 Å². The molecule has 0 unspecified atom stereocenters. The molecule has 116 valence electrons. The van der Waals surface area contributed by atoms with Crippen LogP contribution in [0, 0.1) is 6.92 Å². The quantitative estimate of drug-likeness (QED) is 0.779. The predicted octanol–water partition coefficient (Wildman–Crippen LogP) is 1.99. The van der Waals surface area contributed by atoms with Crippen molar-refractivity contribution >= 4 is 11.6 Å². The zero-order valence-electron chi connectivity index (χ0n) is 12.5. The van der Waals surface area contributed by atoms with Crippen molar-refractivity contribution in [2.24, 2.45) is 0 Å². The number of hydrogen-bond donors (Lipinski definition) is 1. The molecule has 0 spiro atoms. The second kappa shape index (κ2) is 6.69. The molecular formula is C16H15N5O2. The second-order valence-electron chi connectivity index (χ2n) is 4.95. The molecule has 0 aliphatic heterocycles. The van der Waals surface area contributed by atoms with E-state index in [9.17, 15) is 4.79 Å². The van der Waals surface area contributed by atoms with Crippen molar-refractivity contribution in [3.8, 4) is 11.4 Å². The largest absolute Gasteiger partial charge is 0.484 e. The number of rotatable bonds is 5. The molecule has 1 amide bonds. The molecule has 7 heteroatoms. The number of amides is 1. The van der Waals surface area contributed by atoms with Crippen molar-refractivity contribution in [1.29, 1.82) is 0 Å². The number of aromatic nitrogens is 4. The molecule has 1 heterocycles. The van der Waals surface area contributed by atoms with Gasteiger partial charge in [0.15, 0.2) is 6.61 Å². The molecule has 1 N–H and O–H groups in total. The van der Waals surface area contributed by atoms with Crippen LogP contribution in [0.3, 0.4) is 0 Å². The maximum absolute atomic E-state index is 12.0. The van der Waals surface area contributed by atoms with Gasteiger partial charge in [-0.1, -0.05) is 23.8 Å². The third kappa shape index (κ3) is 3.91. The van der Waals surface area contributed by atoms with E-state index < -0.39 is 0 Å². The van der Waals surface area contributed by atoms with E-state index in [0.717, 1.165) is 11.3 Å². The average molecular weight is 309 g/mol. The SMILES string of the molecule is Cc1ccc(OCC(=O)Nc2cccc(-n3cnnn3)c2)cc1. The molecule has 3 rings (SSSR count). The zero-order valence-corrected chi connectivity index (χ0v) is 12.5. The molecule has 0 saturated carbocycles. The van der Waals surface area contributed by atoms with Crippen molar-refractivity contribution < 1.29 is 9.53 Å². The first-order chi connectivity index (χ1) is 11.2. The van der Waals surface area contributed by atoms with Crippen LogP contribution in [-0.4, -0.2) is 32.7 Å². The maximum atomic E-state index is 12.0. The minimum absolute atomic E-state index is 0.0574. The highest BCUT2D eigenvalue weighted by molar-refractivity contribution is 5.92. The molecule has 0 bridgehead atoms. The van der Waals surface area contributed by atoms with E-state index in [2.05, 4.69) is 20.8 Å². The lowest BCUT2D eigenvalue weighted by atomic mass is 10.2. The summed E-state index contributed by atoms with van der Waals surface area (Å²) in [5.41, 5.74) is 2.55. The van der Waals surface area contributed by atoms with Gasteiger partial charge < -0.3 is 10.1 Å². The molecule has 3 aromatic rings. The van der Waals surface area contributed by atoms with E-state index in [4.69, 9.17) is 4.74 Å². The van der Waals surface area contributed by atoms with Crippen LogP contribution in [0.4, 0.5) is 5.69 Å². The van der Waals surface area contributed by atoms with E-state index in [1.807, 2.05) is 43.3 Å². The number of nitrogens with one attached hydrogen (secondary N) is 1. The fourth-order valence-electron chi connectivity index (χ4n) is 1.99. The number of carbonyl (C=O) groups excluding carboxylic acids is 1. The third-order valence-electron chi connectivity index (χ3n) is 3.13. The van der Waals surface area contributed by atoms with Crippen molar-refractivity contribution in [3.63, 3.8) is 0 Å². The van der Waals surface area contributed by atoms with E-state index in [1.54, 1.807) is 12.1 Å². The molecule has 23 heavy (non-hydrogen) atoms. The third-order valence-corrected chi connectivity index (χ3v) is 3.13. The predicted molar refractivity (Wildman–Crippen MR) is 84.5 cm³/mol. The van der Waals surface area contributed by atoms with Gasteiger partial charge in [-0.05, 0) is 47.7 Å². The van der Waals surface area contributed by atoms with Gasteiger partial charge in [0.25, 0.3) is 5.91 Å². The minimum Gasteiger partial charge on any atom is -0.484 e. The Kier molecular flexibility index (Phi) is 4.28. The van der Waals surface area contributed by atoms with Crippen molar-refractivity contribution in [2.45, 2.75) is 6.92 Å². The topological polar surface area (TPSA) is 81.9 Å². The lowest BCUT2D eigenvalue weighted by molar-refractivity contribution is -0.118. The normalized spacial score (nSPS) is 10.3. The standard InChI is InChI=1S/C16H15N5O2/c1-12-5-7-15(8-6-12)23-10-16(22)18-13-3-2-4-14(9-13)21-11-17-19-20-21/h2-9,11H,10H2,1H3,(H,18,22). The van der Waals surface area contributed by atoms with Crippen LogP contribution in [0.5, 0.6) is 5.75 Å². The van der Waals surface area contributed by atoms with E-state index in [1.165, 1.54) is 11.0 Å². The van der Waals surface area contributed by atoms with E-state index in [0.29, 0.717) is 11.4 Å². The summed E-state index contributed by atoms with van der Waals surface area (Å²) in [6.07, 6.45) is 1.49.